The van der Waals surface area contributed by atoms with E-state index in [0.29, 0.717) is 30.4 Å². The maximum atomic E-state index is 13.3. The van der Waals surface area contributed by atoms with Crippen molar-refractivity contribution in [2.24, 2.45) is 0 Å². The van der Waals surface area contributed by atoms with Crippen LogP contribution in [0.25, 0.3) is 0 Å². The predicted octanol–water partition coefficient (Wildman–Crippen LogP) is 7.34. The SMILES string of the molecule is Cc1nc(Nc2ccc(F)cc2)nc(N2CCc3cc(OC(=O)c4ccc(C(F)(F)F)cc4)ccc3C2C)c1C. The summed E-state index contributed by atoms with van der Waals surface area (Å²) in [6, 6.07) is 15.2. The molecule has 0 amide bonds. The summed E-state index contributed by atoms with van der Waals surface area (Å²) < 4.78 is 57.2. The number of hydrogen-bond donors (Lipinski definition) is 1. The molecule has 1 unspecified atom stereocenters. The van der Waals surface area contributed by atoms with Crippen molar-refractivity contribution in [1.29, 1.82) is 0 Å². The molecule has 1 aromatic heterocycles. The van der Waals surface area contributed by atoms with Crippen LogP contribution in [0.15, 0.2) is 66.7 Å². The van der Waals surface area contributed by atoms with E-state index in [-0.39, 0.29) is 17.4 Å². The van der Waals surface area contributed by atoms with Gasteiger partial charge in [-0.25, -0.2) is 14.2 Å². The first-order valence-corrected chi connectivity index (χ1v) is 12.7. The van der Waals surface area contributed by atoms with Crippen LogP contribution < -0.4 is 15.0 Å². The number of aryl methyl sites for hydroxylation is 1. The number of fused-ring (bicyclic) bond motifs is 1. The first kappa shape index (κ1) is 27.1. The van der Waals surface area contributed by atoms with Crippen LogP contribution in [0.4, 0.5) is 35.0 Å². The number of alkyl halides is 3. The summed E-state index contributed by atoms with van der Waals surface area (Å²) in [5.74, 6) is 0.462. The highest BCUT2D eigenvalue weighted by atomic mass is 19.4. The molecule has 1 aliphatic rings. The Hall–Kier alpha value is -4.47. The molecular formula is C30H26F4N4O2. The second-order valence-electron chi connectivity index (χ2n) is 9.66. The summed E-state index contributed by atoms with van der Waals surface area (Å²) in [6.07, 6.45) is -3.82. The van der Waals surface area contributed by atoms with Crippen LogP contribution in [-0.4, -0.2) is 22.5 Å². The number of benzene rings is 3. The highest BCUT2D eigenvalue weighted by Crippen LogP contribution is 2.37. The zero-order valence-corrected chi connectivity index (χ0v) is 22.0. The van der Waals surface area contributed by atoms with Crippen molar-refractivity contribution in [2.75, 3.05) is 16.8 Å². The molecule has 1 N–H and O–H groups in total. The normalized spacial score (nSPS) is 15.0. The number of ether oxygens (including phenoxy) is 1. The molecule has 4 aromatic rings. The molecule has 0 aliphatic carbocycles. The fourth-order valence-electron chi connectivity index (χ4n) is 4.73. The van der Waals surface area contributed by atoms with E-state index in [1.54, 1.807) is 24.3 Å². The Morgan fingerprint density at radius 3 is 2.38 bits per heavy atom. The molecule has 1 atom stereocenters. The zero-order valence-electron chi connectivity index (χ0n) is 22.0. The molecule has 6 nitrogen and oxygen atoms in total. The zero-order chi connectivity index (χ0) is 28.6. The van der Waals surface area contributed by atoms with Crippen molar-refractivity contribution in [3.8, 4) is 5.75 Å². The van der Waals surface area contributed by atoms with E-state index in [0.717, 1.165) is 52.5 Å². The van der Waals surface area contributed by atoms with Crippen LogP contribution in [0.5, 0.6) is 5.75 Å². The highest BCUT2D eigenvalue weighted by molar-refractivity contribution is 5.91. The van der Waals surface area contributed by atoms with Gasteiger partial charge in [0, 0.05) is 23.5 Å². The minimum Gasteiger partial charge on any atom is -0.423 e. The van der Waals surface area contributed by atoms with Gasteiger partial charge in [0.2, 0.25) is 5.95 Å². The lowest BCUT2D eigenvalue weighted by atomic mass is 9.93. The first-order chi connectivity index (χ1) is 19.0. The molecule has 0 bridgehead atoms. The summed E-state index contributed by atoms with van der Waals surface area (Å²) in [4.78, 5) is 24.1. The Balaban J connectivity index is 1.34. The van der Waals surface area contributed by atoms with E-state index in [2.05, 4.69) is 22.1 Å². The Morgan fingerprint density at radius 1 is 1.00 bits per heavy atom. The number of carbonyl (C=O) groups is 1. The number of aromatic nitrogens is 2. The van der Waals surface area contributed by atoms with Crippen LogP contribution in [0.2, 0.25) is 0 Å². The van der Waals surface area contributed by atoms with Crippen molar-refractivity contribution in [1.82, 2.24) is 9.97 Å². The van der Waals surface area contributed by atoms with Crippen LogP contribution in [0, 0.1) is 19.7 Å². The minimum atomic E-state index is -4.48. The van der Waals surface area contributed by atoms with Gasteiger partial charge in [-0.3, -0.25) is 0 Å². The summed E-state index contributed by atoms with van der Waals surface area (Å²) in [7, 11) is 0. The predicted molar refractivity (Wildman–Crippen MR) is 143 cm³/mol. The molecule has 0 spiro atoms. The summed E-state index contributed by atoms with van der Waals surface area (Å²) in [5.41, 5.74) is 3.69. The van der Waals surface area contributed by atoms with Crippen molar-refractivity contribution < 1.29 is 27.1 Å². The number of carbonyl (C=O) groups excluding carboxylic acids is 1. The number of nitrogens with zero attached hydrogens (tertiary/aromatic N) is 3. The van der Waals surface area contributed by atoms with Gasteiger partial charge in [-0.05, 0) is 99.0 Å². The van der Waals surface area contributed by atoms with E-state index in [4.69, 9.17) is 9.72 Å². The largest absolute Gasteiger partial charge is 0.423 e. The Bertz CT molecular complexity index is 1550. The van der Waals surface area contributed by atoms with Gasteiger partial charge in [-0.2, -0.15) is 18.2 Å². The Kier molecular flexibility index (Phi) is 7.18. The van der Waals surface area contributed by atoms with Gasteiger partial charge in [0.25, 0.3) is 0 Å². The third kappa shape index (κ3) is 5.61. The fourth-order valence-corrected chi connectivity index (χ4v) is 4.73. The Morgan fingerprint density at radius 2 is 1.70 bits per heavy atom. The van der Waals surface area contributed by atoms with Crippen molar-refractivity contribution >= 4 is 23.4 Å². The first-order valence-electron chi connectivity index (χ1n) is 12.7. The molecule has 2 heterocycles. The maximum absolute atomic E-state index is 13.3. The van der Waals surface area contributed by atoms with Crippen molar-refractivity contribution in [3.63, 3.8) is 0 Å². The molecule has 10 heteroatoms. The average Bonchev–Trinajstić information content (AvgIpc) is 2.92. The summed E-state index contributed by atoms with van der Waals surface area (Å²) in [5, 5.41) is 3.14. The third-order valence-electron chi connectivity index (χ3n) is 7.05. The number of esters is 1. The maximum Gasteiger partial charge on any atom is 0.416 e. The van der Waals surface area contributed by atoms with Crippen LogP contribution in [-0.2, 0) is 12.6 Å². The van der Waals surface area contributed by atoms with Gasteiger partial charge >= 0.3 is 12.1 Å². The topological polar surface area (TPSA) is 67.3 Å². The van der Waals surface area contributed by atoms with Crippen molar-refractivity contribution in [2.45, 2.75) is 39.4 Å². The second kappa shape index (κ2) is 10.6. The molecule has 0 saturated carbocycles. The molecule has 0 fully saturated rings. The van der Waals surface area contributed by atoms with E-state index < -0.39 is 17.7 Å². The number of rotatable bonds is 5. The van der Waals surface area contributed by atoms with Gasteiger partial charge < -0.3 is 15.0 Å². The van der Waals surface area contributed by atoms with Gasteiger partial charge in [-0.15, -0.1) is 0 Å². The minimum absolute atomic E-state index is 0.0323. The quantitative estimate of drug-likeness (QED) is 0.159. The number of halogens is 4. The smallest absolute Gasteiger partial charge is 0.416 e. The molecule has 5 rings (SSSR count). The highest BCUT2D eigenvalue weighted by Gasteiger charge is 2.31. The lowest BCUT2D eigenvalue weighted by Crippen LogP contribution is -2.35. The fraction of sp³-hybridized carbons (Fsp3) is 0.233. The van der Waals surface area contributed by atoms with Gasteiger partial charge in [0.1, 0.15) is 17.4 Å². The molecule has 206 valence electrons. The van der Waals surface area contributed by atoms with Gasteiger partial charge in [0.15, 0.2) is 0 Å². The molecule has 3 aromatic carbocycles. The Labute approximate surface area is 228 Å². The van der Waals surface area contributed by atoms with Gasteiger partial charge in [-0.1, -0.05) is 6.07 Å². The molecule has 0 saturated heterocycles. The van der Waals surface area contributed by atoms with Crippen LogP contribution in [0.1, 0.15) is 51.3 Å². The summed E-state index contributed by atoms with van der Waals surface area (Å²) >= 11 is 0. The lowest BCUT2D eigenvalue weighted by molar-refractivity contribution is -0.137. The number of nitrogens with one attached hydrogen (secondary N) is 1. The number of anilines is 3. The molecule has 0 radical (unpaired) electrons. The van der Waals surface area contributed by atoms with Crippen LogP contribution in [0.3, 0.4) is 0 Å². The van der Waals surface area contributed by atoms with Crippen molar-refractivity contribution in [3.05, 3.63) is 106 Å². The molecular weight excluding hydrogens is 524 g/mol. The van der Waals surface area contributed by atoms with E-state index in [1.807, 2.05) is 19.9 Å². The van der Waals surface area contributed by atoms with E-state index in [1.165, 1.54) is 12.1 Å². The average molecular weight is 551 g/mol. The van der Waals surface area contributed by atoms with Crippen LogP contribution >= 0.6 is 0 Å². The lowest BCUT2D eigenvalue weighted by Gasteiger charge is -2.37. The summed E-state index contributed by atoms with van der Waals surface area (Å²) in [6.45, 7) is 6.60. The van der Waals surface area contributed by atoms with E-state index in [9.17, 15) is 22.4 Å². The molecule has 1 aliphatic heterocycles. The number of hydrogen-bond acceptors (Lipinski definition) is 6. The second-order valence-corrected chi connectivity index (χ2v) is 9.66. The monoisotopic (exact) mass is 550 g/mol. The third-order valence-corrected chi connectivity index (χ3v) is 7.05. The van der Waals surface area contributed by atoms with E-state index >= 15 is 0 Å². The standard InChI is InChI=1S/C30H26F4N4O2/c1-17-18(2)35-29(36-24-10-8-23(31)9-11-24)37-27(17)38-15-14-21-16-25(12-13-26(21)19(38)3)40-28(39)20-4-6-22(7-5-20)30(32,33)34/h4-13,16,19H,14-15H2,1-3H3,(H,35,36,37). The van der Waals surface area contributed by atoms with Gasteiger partial charge in [0.05, 0.1) is 17.2 Å². The molecule has 40 heavy (non-hydrogen) atoms.